The maximum atomic E-state index is 15.0. The smallest absolute Gasteiger partial charge is 0.166 e. The zero-order valence-corrected chi connectivity index (χ0v) is 18.8. The van der Waals surface area contributed by atoms with Crippen molar-refractivity contribution in [3.8, 4) is 22.3 Å². The predicted molar refractivity (Wildman–Crippen MR) is 126 cm³/mol. The van der Waals surface area contributed by atoms with Gasteiger partial charge in [0.2, 0.25) is 0 Å². The maximum Gasteiger partial charge on any atom is 0.166 e. The minimum Gasteiger partial charge on any atom is -0.203 e. The molecule has 33 heavy (non-hydrogen) atoms. The van der Waals surface area contributed by atoms with Gasteiger partial charge in [-0.1, -0.05) is 74.4 Å². The van der Waals surface area contributed by atoms with Gasteiger partial charge in [-0.2, -0.15) is 0 Å². The van der Waals surface area contributed by atoms with E-state index >= 15 is 0 Å². The van der Waals surface area contributed by atoms with E-state index in [0.717, 1.165) is 25.7 Å². The van der Waals surface area contributed by atoms with E-state index in [9.17, 15) is 17.6 Å². The van der Waals surface area contributed by atoms with Crippen LogP contribution in [0.25, 0.3) is 22.3 Å². The van der Waals surface area contributed by atoms with Crippen molar-refractivity contribution in [3.63, 3.8) is 0 Å². The summed E-state index contributed by atoms with van der Waals surface area (Å²) >= 11 is 0. The minimum absolute atomic E-state index is 0.0550. The number of rotatable bonds is 6. The highest BCUT2D eigenvalue weighted by atomic mass is 19.2. The lowest BCUT2D eigenvalue weighted by Crippen LogP contribution is -2.13. The highest BCUT2D eigenvalue weighted by molar-refractivity contribution is 5.71. The molecule has 0 N–H and O–H groups in total. The predicted octanol–water partition coefficient (Wildman–Crippen LogP) is 8.99. The first kappa shape index (κ1) is 23.3. The van der Waals surface area contributed by atoms with E-state index in [0.29, 0.717) is 41.0 Å². The fourth-order valence-corrected chi connectivity index (χ4v) is 4.77. The molecule has 4 heteroatoms. The van der Waals surface area contributed by atoms with Gasteiger partial charge in [-0.3, -0.25) is 0 Å². The van der Waals surface area contributed by atoms with E-state index in [-0.39, 0.29) is 17.0 Å². The summed E-state index contributed by atoms with van der Waals surface area (Å²) in [5, 5.41) is 0. The molecule has 0 unspecified atom stereocenters. The second kappa shape index (κ2) is 9.94. The van der Waals surface area contributed by atoms with Crippen molar-refractivity contribution in [3.05, 3.63) is 95.6 Å². The summed E-state index contributed by atoms with van der Waals surface area (Å²) in [7, 11) is 0. The van der Waals surface area contributed by atoms with Crippen LogP contribution in [0.5, 0.6) is 0 Å². The lowest BCUT2D eigenvalue weighted by atomic mass is 9.79. The lowest BCUT2D eigenvalue weighted by molar-refractivity contribution is 0.339. The van der Waals surface area contributed by atoms with Gasteiger partial charge in [-0.25, -0.2) is 17.6 Å². The molecule has 0 atom stereocenters. The molecule has 0 bridgehead atoms. The molecule has 0 aliphatic heterocycles. The third-order valence-electron chi connectivity index (χ3n) is 6.85. The Bertz CT molecular complexity index is 1140. The van der Waals surface area contributed by atoms with Gasteiger partial charge in [0.15, 0.2) is 23.3 Å². The van der Waals surface area contributed by atoms with Crippen LogP contribution in [0.3, 0.4) is 0 Å². The quantitative estimate of drug-likeness (QED) is 0.259. The van der Waals surface area contributed by atoms with E-state index in [1.165, 1.54) is 0 Å². The number of benzene rings is 3. The van der Waals surface area contributed by atoms with Crippen molar-refractivity contribution in [2.75, 3.05) is 0 Å². The average molecular weight is 453 g/mol. The zero-order valence-electron chi connectivity index (χ0n) is 18.8. The minimum atomic E-state index is -0.910. The van der Waals surface area contributed by atoms with Crippen LogP contribution >= 0.6 is 0 Å². The van der Waals surface area contributed by atoms with Crippen molar-refractivity contribution in [1.29, 1.82) is 0 Å². The van der Waals surface area contributed by atoms with E-state index in [4.69, 9.17) is 0 Å². The Balaban J connectivity index is 1.59. The number of hydrogen-bond acceptors (Lipinski definition) is 0. The van der Waals surface area contributed by atoms with Gasteiger partial charge >= 0.3 is 0 Å². The Labute approximate surface area is 193 Å². The Morgan fingerprint density at radius 2 is 1.27 bits per heavy atom. The summed E-state index contributed by atoms with van der Waals surface area (Å²) in [6, 6.07) is 12.9. The van der Waals surface area contributed by atoms with Crippen molar-refractivity contribution in [1.82, 2.24) is 0 Å². The SMILES string of the molecule is C=CCCc1ccc(-c2ccc(-c3ccc(C4CCC(C)CC4)c(F)c3F)cc2)c(F)c1F. The number of hydrogen-bond donors (Lipinski definition) is 0. The summed E-state index contributed by atoms with van der Waals surface area (Å²) in [4.78, 5) is 0. The van der Waals surface area contributed by atoms with Crippen LogP contribution < -0.4 is 0 Å². The van der Waals surface area contributed by atoms with Crippen molar-refractivity contribution in [2.45, 2.75) is 51.4 Å². The molecule has 0 amide bonds. The second-order valence-corrected chi connectivity index (χ2v) is 9.09. The topological polar surface area (TPSA) is 0 Å². The molecular formula is C29H28F4. The van der Waals surface area contributed by atoms with Crippen molar-refractivity contribution < 1.29 is 17.6 Å². The van der Waals surface area contributed by atoms with Crippen LogP contribution in [0, 0.1) is 29.2 Å². The van der Waals surface area contributed by atoms with Gasteiger partial charge in [0.25, 0.3) is 0 Å². The van der Waals surface area contributed by atoms with Crippen LogP contribution in [-0.4, -0.2) is 0 Å². The third kappa shape index (κ3) is 4.75. The number of halogens is 4. The zero-order chi connectivity index (χ0) is 23.5. The fraction of sp³-hybridized carbons (Fsp3) is 0.310. The molecular weight excluding hydrogens is 424 g/mol. The molecule has 172 valence electrons. The summed E-state index contributed by atoms with van der Waals surface area (Å²) in [6.45, 7) is 5.79. The van der Waals surface area contributed by atoms with Crippen LogP contribution in [0.2, 0.25) is 0 Å². The number of aryl methyl sites for hydroxylation is 1. The highest BCUT2D eigenvalue weighted by Gasteiger charge is 2.25. The molecule has 0 spiro atoms. The fourth-order valence-electron chi connectivity index (χ4n) is 4.77. The van der Waals surface area contributed by atoms with Gasteiger partial charge < -0.3 is 0 Å². The van der Waals surface area contributed by atoms with Crippen molar-refractivity contribution in [2.24, 2.45) is 5.92 Å². The molecule has 3 aromatic rings. The van der Waals surface area contributed by atoms with Gasteiger partial charge in [0.05, 0.1) is 0 Å². The summed E-state index contributed by atoms with van der Waals surface area (Å²) in [6.07, 6.45) is 6.41. The molecule has 1 aliphatic rings. The molecule has 3 aromatic carbocycles. The Kier molecular flexibility index (Phi) is 7.02. The molecule has 0 heterocycles. The van der Waals surface area contributed by atoms with Crippen LogP contribution in [0.15, 0.2) is 61.2 Å². The second-order valence-electron chi connectivity index (χ2n) is 9.09. The van der Waals surface area contributed by atoms with Crippen LogP contribution in [0.1, 0.15) is 56.1 Å². The molecule has 1 fully saturated rings. The molecule has 0 radical (unpaired) electrons. The van der Waals surface area contributed by atoms with Crippen LogP contribution in [-0.2, 0) is 6.42 Å². The van der Waals surface area contributed by atoms with Gasteiger partial charge in [0.1, 0.15) is 0 Å². The first-order valence-corrected chi connectivity index (χ1v) is 11.6. The van der Waals surface area contributed by atoms with E-state index in [1.807, 2.05) is 0 Å². The average Bonchev–Trinajstić information content (AvgIpc) is 2.83. The first-order chi connectivity index (χ1) is 15.9. The molecule has 1 aliphatic carbocycles. The highest BCUT2D eigenvalue weighted by Crippen LogP contribution is 2.39. The Hall–Kier alpha value is -2.88. The summed E-state index contributed by atoms with van der Waals surface area (Å²) < 4.78 is 59.0. The van der Waals surface area contributed by atoms with Crippen molar-refractivity contribution >= 4 is 0 Å². The standard InChI is InChI=1S/C29H28F4/c1-3-4-5-22-14-15-23(27(31)26(22)30)20-10-12-21(13-11-20)25-17-16-24(28(32)29(25)33)19-8-6-18(2)7-9-19/h3,10-19H,1,4-9H2,2H3. The largest absolute Gasteiger partial charge is 0.203 e. The number of allylic oxidation sites excluding steroid dienone is 1. The molecule has 0 nitrogen and oxygen atoms in total. The normalized spacial score (nSPS) is 18.3. The van der Waals surface area contributed by atoms with E-state index < -0.39 is 23.3 Å². The van der Waals surface area contributed by atoms with Gasteiger partial charge in [0, 0.05) is 11.1 Å². The Morgan fingerprint density at radius 3 is 1.85 bits per heavy atom. The van der Waals surface area contributed by atoms with E-state index in [2.05, 4.69) is 13.5 Å². The molecule has 4 rings (SSSR count). The molecule has 0 saturated heterocycles. The summed E-state index contributed by atoms with van der Waals surface area (Å²) in [5.74, 6) is -2.72. The monoisotopic (exact) mass is 452 g/mol. The third-order valence-corrected chi connectivity index (χ3v) is 6.85. The van der Waals surface area contributed by atoms with E-state index in [1.54, 1.807) is 54.6 Å². The van der Waals surface area contributed by atoms with Crippen LogP contribution in [0.4, 0.5) is 17.6 Å². The summed E-state index contributed by atoms with van der Waals surface area (Å²) in [5.41, 5.74) is 2.02. The lowest BCUT2D eigenvalue weighted by Gasteiger charge is -2.27. The first-order valence-electron chi connectivity index (χ1n) is 11.6. The van der Waals surface area contributed by atoms with Gasteiger partial charge in [-0.05, 0) is 59.8 Å². The van der Waals surface area contributed by atoms with Gasteiger partial charge in [-0.15, -0.1) is 6.58 Å². The Morgan fingerprint density at radius 1 is 0.727 bits per heavy atom. The maximum absolute atomic E-state index is 15.0. The molecule has 0 aromatic heterocycles. The molecule has 1 saturated carbocycles.